The second kappa shape index (κ2) is 10.7. The molecule has 0 aliphatic carbocycles. The average molecular weight is 538 g/mol. The van der Waals surface area contributed by atoms with Gasteiger partial charge in [-0.1, -0.05) is 35.9 Å². The number of anilines is 2. The SMILES string of the molecule is O=C(NCc1cccnc1)c1ccccc1-c1cnc2c(c1)N(Cc1cc(Cl)ccc1C(F)(F)F)CCN2. The van der Waals surface area contributed by atoms with E-state index in [0.29, 0.717) is 47.8 Å². The molecule has 6 nitrogen and oxygen atoms in total. The zero-order chi connectivity index (χ0) is 26.7. The third-order valence-electron chi connectivity index (χ3n) is 6.27. The van der Waals surface area contributed by atoms with Crippen molar-refractivity contribution in [3.8, 4) is 11.1 Å². The highest BCUT2D eigenvalue weighted by atomic mass is 35.5. The fraction of sp³-hybridized carbons (Fsp3) is 0.179. The molecule has 4 aromatic rings. The van der Waals surface area contributed by atoms with Crippen molar-refractivity contribution in [3.05, 3.63) is 107 Å². The molecule has 1 amide bonds. The number of amides is 1. The van der Waals surface area contributed by atoms with Gasteiger partial charge in [-0.05, 0) is 53.1 Å². The first-order chi connectivity index (χ1) is 18.3. The smallest absolute Gasteiger partial charge is 0.367 e. The zero-order valence-corrected chi connectivity index (χ0v) is 20.9. The summed E-state index contributed by atoms with van der Waals surface area (Å²) in [5.41, 5.74) is 2.67. The highest BCUT2D eigenvalue weighted by Crippen LogP contribution is 2.37. The Balaban J connectivity index is 1.45. The maximum atomic E-state index is 13.7. The molecule has 0 fully saturated rings. The van der Waals surface area contributed by atoms with Crippen LogP contribution in [-0.4, -0.2) is 29.0 Å². The molecular weight excluding hydrogens is 515 g/mol. The Bertz CT molecular complexity index is 1460. The van der Waals surface area contributed by atoms with Crippen LogP contribution in [0.15, 0.2) is 79.3 Å². The minimum absolute atomic E-state index is 0.00244. The van der Waals surface area contributed by atoms with Crippen molar-refractivity contribution >= 4 is 29.0 Å². The predicted molar refractivity (Wildman–Crippen MR) is 141 cm³/mol. The lowest BCUT2D eigenvalue weighted by atomic mass is 9.99. The lowest BCUT2D eigenvalue weighted by molar-refractivity contribution is -0.138. The highest BCUT2D eigenvalue weighted by Gasteiger charge is 2.34. The van der Waals surface area contributed by atoms with E-state index in [4.69, 9.17) is 11.6 Å². The molecule has 2 aromatic heterocycles. The fourth-order valence-corrected chi connectivity index (χ4v) is 4.65. The topological polar surface area (TPSA) is 70.2 Å². The van der Waals surface area contributed by atoms with E-state index in [1.54, 1.807) is 36.8 Å². The van der Waals surface area contributed by atoms with E-state index >= 15 is 0 Å². The second-order valence-electron chi connectivity index (χ2n) is 8.83. The number of nitrogens with zero attached hydrogens (tertiary/aromatic N) is 3. The summed E-state index contributed by atoms with van der Waals surface area (Å²) in [5, 5.41) is 6.35. The van der Waals surface area contributed by atoms with Crippen molar-refractivity contribution in [1.82, 2.24) is 15.3 Å². The van der Waals surface area contributed by atoms with Gasteiger partial charge in [0.1, 0.15) is 5.82 Å². The highest BCUT2D eigenvalue weighted by molar-refractivity contribution is 6.30. The van der Waals surface area contributed by atoms with Crippen molar-refractivity contribution in [3.63, 3.8) is 0 Å². The largest absolute Gasteiger partial charge is 0.416 e. The molecule has 0 saturated heterocycles. The third kappa shape index (κ3) is 5.57. The number of alkyl halides is 3. The number of nitrogens with one attached hydrogen (secondary N) is 2. The summed E-state index contributed by atoms with van der Waals surface area (Å²) in [6.07, 6.45) is 0.506. The molecule has 10 heteroatoms. The molecule has 5 rings (SSSR count). The first-order valence-corrected chi connectivity index (χ1v) is 12.3. The number of carbonyl (C=O) groups is 1. The van der Waals surface area contributed by atoms with E-state index in [2.05, 4.69) is 20.6 Å². The van der Waals surface area contributed by atoms with Crippen molar-refractivity contribution in [2.75, 3.05) is 23.3 Å². The van der Waals surface area contributed by atoms with Gasteiger partial charge in [-0.3, -0.25) is 9.78 Å². The van der Waals surface area contributed by atoms with Gasteiger partial charge >= 0.3 is 6.18 Å². The van der Waals surface area contributed by atoms with Crippen LogP contribution < -0.4 is 15.5 Å². The van der Waals surface area contributed by atoms with Crippen LogP contribution in [0, 0.1) is 0 Å². The Morgan fingerprint density at radius 1 is 1.08 bits per heavy atom. The number of carbonyl (C=O) groups excluding carboxylic acids is 1. The van der Waals surface area contributed by atoms with E-state index in [1.165, 1.54) is 12.1 Å². The molecule has 0 bridgehead atoms. The van der Waals surface area contributed by atoms with Crippen molar-refractivity contribution in [2.45, 2.75) is 19.3 Å². The molecule has 194 valence electrons. The minimum Gasteiger partial charge on any atom is -0.367 e. The van der Waals surface area contributed by atoms with Crippen LogP contribution in [0.3, 0.4) is 0 Å². The predicted octanol–water partition coefficient (Wildman–Crippen LogP) is 6.18. The van der Waals surface area contributed by atoms with Gasteiger partial charge in [-0.2, -0.15) is 13.2 Å². The average Bonchev–Trinajstić information content (AvgIpc) is 2.91. The third-order valence-corrected chi connectivity index (χ3v) is 6.51. The first-order valence-electron chi connectivity index (χ1n) is 11.9. The maximum absolute atomic E-state index is 13.7. The van der Waals surface area contributed by atoms with E-state index in [0.717, 1.165) is 11.6 Å². The Morgan fingerprint density at radius 3 is 2.71 bits per heavy atom. The van der Waals surface area contributed by atoms with E-state index in [1.807, 2.05) is 29.2 Å². The van der Waals surface area contributed by atoms with Gasteiger partial charge in [0.05, 0.1) is 11.3 Å². The van der Waals surface area contributed by atoms with Gasteiger partial charge in [0, 0.05) is 60.9 Å². The number of benzene rings is 2. The van der Waals surface area contributed by atoms with Crippen molar-refractivity contribution < 1.29 is 18.0 Å². The van der Waals surface area contributed by atoms with Crippen molar-refractivity contribution in [2.24, 2.45) is 0 Å². The Hall–Kier alpha value is -4.11. The summed E-state index contributed by atoms with van der Waals surface area (Å²) in [5.74, 6) is 0.306. The molecule has 1 aliphatic heterocycles. The monoisotopic (exact) mass is 537 g/mol. The van der Waals surface area contributed by atoms with Crippen LogP contribution in [0.5, 0.6) is 0 Å². The fourth-order valence-electron chi connectivity index (χ4n) is 4.46. The van der Waals surface area contributed by atoms with Crippen LogP contribution in [0.25, 0.3) is 11.1 Å². The maximum Gasteiger partial charge on any atom is 0.416 e. The number of aromatic nitrogens is 2. The van der Waals surface area contributed by atoms with E-state index in [-0.39, 0.29) is 23.0 Å². The molecular formula is C28H23ClF3N5O. The minimum atomic E-state index is -4.50. The summed E-state index contributed by atoms with van der Waals surface area (Å²) in [6.45, 7) is 1.31. The van der Waals surface area contributed by atoms with Gasteiger partial charge in [0.2, 0.25) is 0 Å². The Morgan fingerprint density at radius 2 is 1.92 bits per heavy atom. The number of fused-ring (bicyclic) bond motifs is 1. The summed E-state index contributed by atoms with van der Waals surface area (Å²) in [6, 6.07) is 16.3. The molecule has 0 radical (unpaired) electrons. The zero-order valence-electron chi connectivity index (χ0n) is 20.1. The lowest BCUT2D eigenvalue weighted by Gasteiger charge is -2.32. The molecule has 0 spiro atoms. The van der Waals surface area contributed by atoms with Crippen molar-refractivity contribution in [1.29, 1.82) is 0 Å². The quantitative estimate of drug-likeness (QED) is 0.307. The molecule has 2 N–H and O–H groups in total. The molecule has 0 saturated carbocycles. The van der Waals surface area contributed by atoms with Crippen LogP contribution in [0.4, 0.5) is 24.7 Å². The molecule has 1 aliphatic rings. The second-order valence-corrected chi connectivity index (χ2v) is 9.27. The number of hydrogen-bond donors (Lipinski definition) is 2. The molecule has 3 heterocycles. The molecule has 0 unspecified atom stereocenters. The summed E-state index contributed by atoms with van der Waals surface area (Å²) >= 11 is 6.05. The molecule has 38 heavy (non-hydrogen) atoms. The summed E-state index contributed by atoms with van der Waals surface area (Å²) in [4.78, 5) is 23.5. The Kier molecular flexibility index (Phi) is 7.20. The number of pyridine rings is 2. The number of hydrogen-bond acceptors (Lipinski definition) is 5. The van der Waals surface area contributed by atoms with E-state index in [9.17, 15) is 18.0 Å². The van der Waals surface area contributed by atoms with E-state index < -0.39 is 11.7 Å². The number of rotatable bonds is 6. The van der Waals surface area contributed by atoms with Gasteiger partial charge in [-0.25, -0.2) is 4.98 Å². The van der Waals surface area contributed by atoms with Gasteiger partial charge < -0.3 is 15.5 Å². The van der Waals surface area contributed by atoms with Crippen LogP contribution in [0.1, 0.15) is 27.0 Å². The molecule has 2 aromatic carbocycles. The van der Waals surface area contributed by atoms with Gasteiger partial charge in [0.15, 0.2) is 0 Å². The summed E-state index contributed by atoms with van der Waals surface area (Å²) < 4.78 is 41.0. The van der Waals surface area contributed by atoms with Crippen LogP contribution >= 0.6 is 11.6 Å². The Labute approximate surface area is 222 Å². The summed E-state index contributed by atoms with van der Waals surface area (Å²) in [7, 11) is 0. The normalized spacial score (nSPS) is 13.0. The van der Waals surface area contributed by atoms with Gasteiger partial charge in [-0.15, -0.1) is 0 Å². The first kappa shape index (κ1) is 25.5. The number of halogens is 4. The standard InChI is InChI=1S/C28H23ClF3N5O/c29-21-7-8-24(28(30,31)32)20(12-21)17-37-11-10-34-26-25(37)13-19(16-35-26)22-5-1-2-6-23(22)27(38)36-15-18-4-3-9-33-14-18/h1-9,12-14,16H,10-11,15,17H2,(H,34,35)(H,36,38). The molecule has 0 atom stereocenters. The van der Waals surface area contributed by atoms with Crippen LogP contribution in [0.2, 0.25) is 5.02 Å². The van der Waals surface area contributed by atoms with Crippen LogP contribution in [-0.2, 0) is 19.3 Å². The van der Waals surface area contributed by atoms with Gasteiger partial charge in [0.25, 0.3) is 5.91 Å². The lowest BCUT2D eigenvalue weighted by Crippen LogP contribution is -2.34.